The molecule has 0 aliphatic carbocycles. The first-order valence-electron chi connectivity index (χ1n) is 6.77. The van der Waals surface area contributed by atoms with Crippen molar-refractivity contribution in [3.8, 4) is 0 Å². The standard InChI is InChI=1S/C15H16N4O3/c1-9-6-13(18-14(16-9)8-21-3)17-10-4-5-11-12(7-10)22-15(20)19(11)2/h4-7H,8H2,1-3H3,(H,16,17,18). The zero-order valence-corrected chi connectivity index (χ0v) is 12.6. The SMILES string of the molecule is COCc1nc(C)cc(Nc2ccc3c(c2)oc(=O)n3C)n1. The van der Waals surface area contributed by atoms with Crippen LogP contribution in [0.2, 0.25) is 0 Å². The van der Waals surface area contributed by atoms with Crippen LogP contribution in [0.15, 0.2) is 33.5 Å². The summed E-state index contributed by atoms with van der Waals surface area (Å²) in [6.07, 6.45) is 0. The first kappa shape index (κ1) is 14.3. The summed E-state index contributed by atoms with van der Waals surface area (Å²) in [7, 11) is 3.27. The van der Waals surface area contributed by atoms with Crippen LogP contribution in [0.5, 0.6) is 0 Å². The highest BCUT2D eigenvalue weighted by atomic mass is 16.5. The lowest BCUT2D eigenvalue weighted by Gasteiger charge is -2.08. The van der Waals surface area contributed by atoms with Crippen molar-refractivity contribution in [3.05, 3.63) is 46.3 Å². The maximum Gasteiger partial charge on any atom is 0.419 e. The second kappa shape index (κ2) is 5.61. The van der Waals surface area contributed by atoms with Gasteiger partial charge in [0.15, 0.2) is 11.4 Å². The van der Waals surface area contributed by atoms with Crippen LogP contribution in [0.4, 0.5) is 11.5 Å². The molecule has 2 heterocycles. The molecule has 0 radical (unpaired) electrons. The number of benzene rings is 1. The van der Waals surface area contributed by atoms with Crippen LogP contribution in [0.3, 0.4) is 0 Å². The van der Waals surface area contributed by atoms with Crippen molar-refractivity contribution in [1.82, 2.24) is 14.5 Å². The van der Waals surface area contributed by atoms with Gasteiger partial charge in [-0.15, -0.1) is 0 Å². The van der Waals surface area contributed by atoms with Gasteiger partial charge < -0.3 is 14.5 Å². The van der Waals surface area contributed by atoms with Crippen LogP contribution in [-0.4, -0.2) is 21.6 Å². The normalized spacial score (nSPS) is 11.0. The molecule has 7 heteroatoms. The number of anilines is 2. The van der Waals surface area contributed by atoms with Gasteiger partial charge in [0.2, 0.25) is 0 Å². The Morgan fingerprint density at radius 3 is 2.91 bits per heavy atom. The molecule has 1 aromatic carbocycles. The molecule has 0 spiro atoms. The number of oxazole rings is 1. The van der Waals surface area contributed by atoms with E-state index in [1.807, 2.05) is 25.1 Å². The van der Waals surface area contributed by atoms with E-state index in [1.54, 1.807) is 20.2 Å². The van der Waals surface area contributed by atoms with Gasteiger partial charge in [-0.05, 0) is 19.1 Å². The highest BCUT2D eigenvalue weighted by Gasteiger charge is 2.08. The zero-order valence-electron chi connectivity index (χ0n) is 12.6. The van der Waals surface area contributed by atoms with Gasteiger partial charge in [-0.3, -0.25) is 4.57 Å². The van der Waals surface area contributed by atoms with Crippen molar-refractivity contribution >= 4 is 22.6 Å². The number of methoxy groups -OCH3 is 1. The van der Waals surface area contributed by atoms with Crippen LogP contribution in [0.1, 0.15) is 11.5 Å². The smallest absolute Gasteiger partial charge is 0.408 e. The predicted octanol–water partition coefficient (Wildman–Crippen LogP) is 2.12. The van der Waals surface area contributed by atoms with Crippen molar-refractivity contribution in [1.29, 1.82) is 0 Å². The molecule has 0 amide bonds. The topological polar surface area (TPSA) is 82.2 Å². The number of aryl methyl sites for hydroxylation is 2. The Kier molecular flexibility index (Phi) is 3.64. The van der Waals surface area contributed by atoms with Crippen LogP contribution < -0.4 is 11.1 Å². The molecule has 3 rings (SSSR count). The van der Waals surface area contributed by atoms with Crippen LogP contribution in [0.25, 0.3) is 11.1 Å². The molecule has 0 unspecified atom stereocenters. The highest BCUT2D eigenvalue weighted by Crippen LogP contribution is 2.21. The molecule has 0 bridgehead atoms. The van der Waals surface area contributed by atoms with E-state index in [0.717, 1.165) is 16.9 Å². The fourth-order valence-electron chi connectivity index (χ4n) is 2.25. The summed E-state index contributed by atoms with van der Waals surface area (Å²) in [5, 5.41) is 3.19. The Hall–Kier alpha value is -2.67. The number of hydrogen-bond donors (Lipinski definition) is 1. The van der Waals surface area contributed by atoms with Gasteiger partial charge in [0, 0.05) is 37.7 Å². The molecule has 22 heavy (non-hydrogen) atoms. The van der Waals surface area contributed by atoms with Gasteiger partial charge in [-0.1, -0.05) is 0 Å². The predicted molar refractivity (Wildman–Crippen MR) is 82.2 cm³/mol. The summed E-state index contributed by atoms with van der Waals surface area (Å²) in [6.45, 7) is 2.24. The number of rotatable bonds is 4. The van der Waals surface area contributed by atoms with Gasteiger partial charge in [0.05, 0.1) is 5.52 Å². The van der Waals surface area contributed by atoms with E-state index in [-0.39, 0.29) is 5.76 Å². The van der Waals surface area contributed by atoms with E-state index in [0.29, 0.717) is 23.8 Å². The van der Waals surface area contributed by atoms with E-state index in [1.165, 1.54) is 4.57 Å². The first-order valence-corrected chi connectivity index (χ1v) is 6.77. The van der Waals surface area contributed by atoms with Gasteiger partial charge >= 0.3 is 5.76 Å². The number of fused-ring (bicyclic) bond motifs is 1. The summed E-state index contributed by atoms with van der Waals surface area (Å²) >= 11 is 0. The van der Waals surface area contributed by atoms with E-state index < -0.39 is 0 Å². The molecule has 114 valence electrons. The molecule has 0 aliphatic heterocycles. The van der Waals surface area contributed by atoms with Crippen LogP contribution in [-0.2, 0) is 18.4 Å². The maximum absolute atomic E-state index is 11.5. The molecule has 0 saturated heterocycles. The molecule has 0 aliphatic rings. The maximum atomic E-state index is 11.5. The van der Waals surface area contributed by atoms with Crippen molar-refractivity contribution in [2.75, 3.05) is 12.4 Å². The Morgan fingerprint density at radius 1 is 1.32 bits per heavy atom. The number of nitrogens with zero attached hydrogens (tertiary/aromatic N) is 3. The minimum atomic E-state index is -0.382. The molecule has 7 nitrogen and oxygen atoms in total. The second-order valence-electron chi connectivity index (χ2n) is 4.98. The molecule has 2 aromatic heterocycles. The average molecular weight is 300 g/mol. The Labute approximate surface area is 126 Å². The minimum Gasteiger partial charge on any atom is -0.408 e. The molecule has 3 aromatic rings. The quantitative estimate of drug-likeness (QED) is 0.794. The van der Waals surface area contributed by atoms with Gasteiger partial charge in [0.25, 0.3) is 0 Å². The molecular formula is C15H16N4O3. The molecule has 1 N–H and O–H groups in total. The third-order valence-corrected chi connectivity index (χ3v) is 3.24. The molecule has 0 atom stereocenters. The third kappa shape index (κ3) is 2.71. The number of aromatic nitrogens is 3. The second-order valence-corrected chi connectivity index (χ2v) is 4.98. The lowest BCUT2D eigenvalue weighted by Crippen LogP contribution is -2.08. The van der Waals surface area contributed by atoms with E-state index in [4.69, 9.17) is 9.15 Å². The largest absolute Gasteiger partial charge is 0.419 e. The number of hydrogen-bond acceptors (Lipinski definition) is 6. The highest BCUT2D eigenvalue weighted by molar-refractivity contribution is 5.78. The van der Waals surface area contributed by atoms with E-state index in [2.05, 4.69) is 15.3 Å². The van der Waals surface area contributed by atoms with Crippen molar-refractivity contribution < 1.29 is 9.15 Å². The lowest BCUT2D eigenvalue weighted by atomic mass is 10.3. The summed E-state index contributed by atoms with van der Waals surface area (Å²) in [4.78, 5) is 20.2. The Morgan fingerprint density at radius 2 is 2.14 bits per heavy atom. The van der Waals surface area contributed by atoms with Gasteiger partial charge in [-0.25, -0.2) is 14.8 Å². The first-order chi connectivity index (χ1) is 10.6. The fourth-order valence-corrected chi connectivity index (χ4v) is 2.25. The molecule has 0 saturated carbocycles. The summed E-state index contributed by atoms with van der Waals surface area (Å²) in [5.41, 5.74) is 2.90. The summed E-state index contributed by atoms with van der Waals surface area (Å²) < 4.78 is 11.7. The van der Waals surface area contributed by atoms with Crippen molar-refractivity contribution in [3.63, 3.8) is 0 Å². The minimum absolute atomic E-state index is 0.350. The van der Waals surface area contributed by atoms with Crippen LogP contribution in [0, 0.1) is 6.92 Å². The monoisotopic (exact) mass is 300 g/mol. The van der Waals surface area contributed by atoms with Crippen molar-refractivity contribution in [2.24, 2.45) is 7.05 Å². The number of ether oxygens (including phenoxy) is 1. The lowest BCUT2D eigenvalue weighted by molar-refractivity contribution is 0.177. The van der Waals surface area contributed by atoms with Gasteiger partial charge in [0.1, 0.15) is 12.4 Å². The van der Waals surface area contributed by atoms with E-state index >= 15 is 0 Å². The third-order valence-electron chi connectivity index (χ3n) is 3.24. The molecular weight excluding hydrogens is 284 g/mol. The van der Waals surface area contributed by atoms with Crippen LogP contribution >= 0.6 is 0 Å². The Bertz CT molecular complexity index is 882. The summed E-state index contributed by atoms with van der Waals surface area (Å²) in [6, 6.07) is 7.30. The Balaban J connectivity index is 1.94. The fraction of sp³-hybridized carbons (Fsp3) is 0.267. The van der Waals surface area contributed by atoms with Crippen molar-refractivity contribution in [2.45, 2.75) is 13.5 Å². The van der Waals surface area contributed by atoms with E-state index in [9.17, 15) is 4.79 Å². The van der Waals surface area contributed by atoms with Gasteiger partial charge in [-0.2, -0.15) is 0 Å². The molecule has 0 fully saturated rings. The zero-order chi connectivity index (χ0) is 15.7. The number of nitrogens with one attached hydrogen (secondary N) is 1. The summed E-state index contributed by atoms with van der Waals surface area (Å²) in [5.74, 6) is 0.891. The average Bonchev–Trinajstić information content (AvgIpc) is 2.73.